The molecule has 2 aromatic carbocycles. The molecular formula is C23H27N3O2. The van der Waals surface area contributed by atoms with Gasteiger partial charge >= 0.3 is 0 Å². The summed E-state index contributed by atoms with van der Waals surface area (Å²) in [7, 11) is 0. The van der Waals surface area contributed by atoms with Crippen molar-refractivity contribution in [1.29, 1.82) is 0 Å². The molecule has 146 valence electrons. The minimum Gasteiger partial charge on any atom is -0.493 e. The first-order chi connectivity index (χ1) is 13.6. The molecule has 0 saturated heterocycles. The zero-order chi connectivity index (χ0) is 19.8. The van der Waals surface area contributed by atoms with Gasteiger partial charge in [-0.05, 0) is 42.7 Å². The summed E-state index contributed by atoms with van der Waals surface area (Å²) in [6, 6.07) is 16.2. The van der Waals surface area contributed by atoms with Crippen molar-refractivity contribution in [3.8, 4) is 5.75 Å². The van der Waals surface area contributed by atoms with Gasteiger partial charge in [0.2, 0.25) is 5.91 Å². The minimum atomic E-state index is -0.00926. The summed E-state index contributed by atoms with van der Waals surface area (Å²) in [6.07, 6.45) is 4.81. The van der Waals surface area contributed by atoms with Crippen LogP contribution in [0, 0.1) is 13.8 Å². The Morgan fingerprint density at radius 3 is 2.71 bits per heavy atom. The van der Waals surface area contributed by atoms with Gasteiger partial charge in [0.25, 0.3) is 0 Å². The maximum absolute atomic E-state index is 12.0. The molecule has 1 amide bonds. The average Bonchev–Trinajstić information content (AvgIpc) is 3.12. The quantitative estimate of drug-likeness (QED) is 0.619. The number of hydrogen-bond acceptors (Lipinski definition) is 3. The topological polar surface area (TPSA) is 56.1 Å². The van der Waals surface area contributed by atoms with Crippen LogP contribution in [0.25, 0.3) is 0 Å². The van der Waals surface area contributed by atoms with E-state index in [9.17, 15) is 4.79 Å². The first-order valence-electron chi connectivity index (χ1n) is 9.62. The van der Waals surface area contributed by atoms with Gasteiger partial charge in [0.15, 0.2) is 0 Å². The third kappa shape index (κ3) is 5.71. The number of ether oxygens (including phenoxy) is 1. The Labute approximate surface area is 166 Å². The molecule has 0 aliphatic rings. The SMILES string of the molecule is Cc1ccc(OCCC(=O)NCCc2nccn2Cc2ccccc2)cc1C. The summed E-state index contributed by atoms with van der Waals surface area (Å²) in [5, 5.41) is 2.95. The van der Waals surface area contributed by atoms with Crippen molar-refractivity contribution in [2.24, 2.45) is 0 Å². The molecule has 0 aliphatic heterocycles. The summed E-state index contributed by atoms with van der Waals surface area (Å²) in [4.78, 5) is 16.5. The third-order valence-corrected chi connectivity index (χ3v) is 4.74. The van der Waals surface area contributed by atoms with E-state index < -0.39 is 0 Å². The molecule has 0 radical (unpaired) electrons. The van der Waals surface area contributed by atoms with E-state index in [2.05, 4.69) is 40.8 Å². The van der Waals surface area contributed by atoms with Crippen molar-refractivity contribution in [2.45, 2.75) is 33.2 Å². The molecule has 1 N–H and O–H groups in total. The van der Waals surface area contributed by atoms with E-state index >= 15 is 0 Å². The van der Waals surface area contributed by atoms with E-state index in [0.29, 0.717) is 26.0 Å². The standard InChI is InChI=1S/C23H27N3O2/c1-18-8-9-21(16-19(18)2)28-15-11-23(27)25-12-10-22-24-13-14-26(22)17-20-6-4-3-5-7-20/h3-9,13-14,16H,10-12,15,17H2,1-2H3,(H,25,27). The number of nitrogens with zero attached hydrogens (tertiary/aromatic N) is 2. The Balaban J connectivity index is 1.38. The molecule has 0 aliphatic carbocycles. The fourth-order valence-electron chi connectivity index (χ4n) is 2.96. The van der Waals surface area contributed by atoms with E-state index in [4.69, 9.17) is 4.74 Å². The van der Waals surface area contributed by atoms with Crippen LogP contribution in [-0.4, -0.2) is 28.6 Å². The van der Waals surface area contributed by atoms with Crippen LogP contribution >= 0.6 is 0 Å². The van der Waals surface area contributed by atoms with E-state index in [-0.39, 0.29) is 5.91 Å². The van der Waals surface area contributed by atoms with Gasteiger partial charge in [0.05, 0.1) is 13.0 Å². The molecule has 0 atom stereocenters. The van der Waals surface area contributed by atoms with Gasteiger partial charge in [-0.1, -0.05) is 36.4 Å². The van der Waals surface area contributed by atoms with Crippen LogP contribution in [0.1, 0.15) is 28.9 Å². The number of nitrogens with one attached hydrogen (secondary N) is 1. The van der Waals surface area contributed by atoms with Gasteiger partial charge in [0, 0.05) is 31.9 Å². The van der Waals surface area contributed by atoms with Gasteiger partial charge < -0.3 is 14.6 Å². The number of carbonyl (C=O) groups excluding carboxylic acids is 1. The molecule has 1 heterocycles. The molecule has 3 rings (SSSR count). The zero-order valence-corrected chi connectivity index (χ0v) is 16.5. The van der Waals surface area contributed by atoms with Crippen LogP contribution in [0.4, 0.5) is 0 Å². The highest BCUT2D eigenvalue weighted by molar-refractivity contribution is 5.75. The highest BCUT2D eigenvalue weighted by Crippen LogP contribution is 2.16. The summed E-state index contributed by atoms with van der Waals surface area (Å²) in [5.74, 6) is 1.76. The number of aryl methyl sites for hydroxylation is 2. The number of hydrogen-bond donors (Lipinski definition) is 1. The molecule has 28 heavy (non-hydrogen) atoms. The fourth-order valence-corrected chi connectivity index (χ4v) is 2.96. The lowest BCUT2D eigenvalue weighted by molar-refractivity contribution is -0.121. The summed E-state index contributed by atoms with van der Waals surface area (Å²) in [5.41, 5.74) is 3.65. The molecular weight excluding hydrogens is 350 g/mol. The third-order valence-electron chi connectivity index (χ3n) is 4.74. The fraction of sp³-hybridized carbons (Fsp3) is 0.304. The van der Waals surface area contributed by atoms with Crippen molar-refractivity contribution >= 4 is 5.91 Å². The van der Waals surface area contributed by atoms with E-state index in [1.54, 1.807) is 6.20 Å². The largest absolute Gasteiger partial charge is 0.493 e. The average molecular weight is 377 g/mol. The number of rotatable bonds is 9. The lowest BCUT2D eigenvalue weighted by Crippen LogP contribution is -2.27. The molecule has 1 aromatic heterocycles. The normalized spacial score (nSPS) is 10.6. The highest BCUT2D eigenvalue weighted by Gasteiger charge is 2.06. The maximum atomic E-state index is 12.0. The van der Waals surface area contributed by atoms with Crippen molar-refractivity contribution in [2.75, 3.05) is 13.2 Å². The Bertz CT molecular complexity index is 903. The first kappa shape index (κ1) is 19.7. The van der Waals surface area contributed by atoms with Gasteiger partial charge in [-0.25, -0.2) is 4.98 Å². The lowest BCUT2D eigenvalue weighted by atomic mass is 10.1. The van der Waals surface area contributed by atoms with Gasteiger partial charge in [-0.2, -0.15) is 0 Å². The van der Waals surface area contributed by atoms with Gasteiger partial charge in [0.1, 0.15) is 11.6 Å². The molecule has 5 heteroatoms. The second kappa shape index (κ2) is 9.74. The number of aromatic nitrogens is 2. The van der Waals surface area contributed by atoms with Crippen molar-refractivity contribution < 1.29 is 9.53 Å². The summed E-state index contributed by atoms with van der Waals surface area (Å²) in [6.45, 7) is 5.84. The highest BCUT2D eigenvalue weighted by atomic mass is 16.5. The minimum absolute atomic E-state index is 0.00926. The van der Waals surface area contributed by atoms with Gasteiger partial charge in [-0.3, -0.25) is 4.79 Å². The lowest BCUT2D eigenvalue weighted by Gasteiger charge is -2.10. The monoisotopic (exact) mass is 377 g/mol. The van der Waals surface area contributed by atoms with Crippen molar-refractivity contribution in [3.63, 3.8) is 0 Å². The van der Waals surface area contributed by atoms with Crippen LogP contribution in [0.2, 0.25) is 0 Å². The summed E-state index contributed by atoms with van der Waals surface area (Å²) >= 11 is 0. The second-order valence-corrected chi connectivity index (χ2v) is 6.90. The van der Waals surface area contributed by atoms with E-state index in [0.717, 1.165) is 18.1 Å². The molecule has 3 aromatic rings. The van der Waals surface area contributed by atoms with Crippen LogP contribution in [0.5, 0.6) is 5.75 Å². The molecule has 0 saturated carbocycles. The van der Waals surface area contributed by atoms with Crippen LogP contribution < -0.4 is 10.1 Å². The predicted molar refractivity (Wildman–Crippen MR) is 111 cm³/mol. The van der Waals surface area contributed by atoms with Crippen LogP contribution in [-0.2, 0) is 17.8 Å². The molecule has 0 fully saturated rings. The molecule has 0 unspecified atom stereocenters. The smallest absolute Gasteiger partial charge is 0.223 e. The number of imidazole rings is 1. The Kier molecular flexibility index (Phi) is 6.84. The molecule has 0 spiro atoms. The molecule has 5 nitrogen and oxygen atoms in total. The Morgan fingerprint density at radius 2 is 1.93 bits per heavy atom. The van der Waals surface area contributed by atoms with Gasteiger partial charge in [-0.15, -0.1) is 0 Å². The van der Waals surface area contributed by atoms with Crippen molar-refractivity contribution in [3.05, 3.63) is 83.4 Å². The number of benzene rings is 2. The number of amides is 1. The summed E-state index contributed by atoms with van der Waals surface area (Å²) < 4.78 is 7.79. The predicted octanol–water partition coefficient (Wildman–Crippen LogP) is 3.68. The molecule has 0 bridgehead atoms. The van der Waals surface area contributed by atoms with E-state index in [1.165, 1.54) is 16.7 Å². The van der Waals surface area contributed by atoms with Crippen molar-refractivity contribution in [1.82, 2.24) is 14.9 Å². The van der Waals surface area contributed by atoms with E-state index in [1.807, 2.05) is 42.6 Å². The first-order valence-corrected chi connectivity index (χ1v) is 9.62. The Hall–Kier alpha value is -3.08. The number of carbonyl (C=O) groups is 1. The zero-order valence-electron chi connectivity index (χ0n) is 16.5. The van der Waals surface area contributed by atoms with Crippen LogP contribution in [0.15, 0.2) is 60.9 Å². The Morgan fingerprint density at radius 1 is 1.11 bits per heavy atom. The van der Waals surface area contributed by atoms with Crippen LogP contribution in [0.3, 0.4) is 0 Å². The maximum Gasteiger partial charge on any atom is 0.223 e. The second-order valence-electron chi connectivity index (χ2n) is 6.90.